The smallest absolute Gasteiger partial charge is 0.315 e. The van der Waals surface area contributed by atoms with Gasteiger partial charge in [-0.15, -0.1) is 0 Å². The number of urea groups is 1. The van der Waals surface area contributed by atoms with Crippen LogP contribution in [0.1, 0.15) is 24.8 Å². The number of fused-ring (bicyclic) bond motifs is 1. The van der Waals surface area contributed by atoms with Crippen LogP contribution in [0.4, 0.5) is 4.79 Å². The Kier molecular flexibility index (Phi) is 4.27. The van der Waals surface area contributed by atoms with Gasteiger partial charge in [-0.2, -0.15) is 0 Å². The van der Waals surface area contributed by atoms with Gasteiger partial charge in [-0.05, 0) is 37.0 Å². The molecule has 3 rings (SSSR count). The fraction of sp³-hybridized carbons (Fsp3) is 0.533. The van der Waals surface area contributed by atoms with E-state index in [1.807, 2.05) is 24.3 Å². The fourth-order valence-corrected chi connectivity index (χ4v) is 3.23. The van der Waals surface area contributed by atoms with E-state index in [0.29, 0.717) is 18.6 Å². The van der Waals surface area contributed by atoms with Crippen LogP contribution < -0.4 is 10.6 Å². The molecule has 20 heavy (non-hydrogen) atoms. The Bertz CT molecular complexity index is 477. The van der Waals surface area contributed by atoms with Gasteiger partial charge in [0.05, 0.1) is 6.10 Å². The minimum atomic E-state index is -0.0815. The van der Waals surface area contributed by atoms with Gasteiger partial charge in [0.25, 0.3) is 0 Å². The average molecular weight is 339 g/mol. The van der Waals surface area contributed by atoms with Crippen molar-refractivity contribution in [1.29, 1.82) is 0 Å². The minimum absolute atomic E-state index is 0.0815. The number of hydrogen-bond acceptors (Lipinski definition) is 2. The lowest BCUT2D eigenvalue weighted by Gasteiger charge is -2.47. The second-order valence-corrected chi connectivity index (χ2v) is 6.43. The highest BCUT2D eigenvalue weighted by Gasteiger charge is 2.43. The monoisotopic (exact) mass is 338 g/mol. The van der Waals surface area contributed by atoms with E-state index in [-0.39, 0.29) is 12.1 Å². The number of halogens is 1. The molecule has 1 aliphatic carbocycles. The quantitative estimate of drug-likeness (QED) is 0.890. The van der Waals surface area contributed by atoms with Crippen LogP contribution in [-0.4, -0.2) is 24.8 Å². The number of carbonyl (C=O) groups excluding carboxylic acids is 1. The maximum absolute atomic E-state index is 11.9. The van der Waals surface area contributed by atoms with Crippen molar-refractivity contribution in [1.82, 2.24) is 10.6 Å². The Labute approximate surface area is 127 Å². The highest BCUT2D eigenvalue weighted by Crippen LogP contribution is 2.37. The summed E-state index contributed by atoms with van der Waals surface area (Å²) in [5.74, 6) is 0.516. The predicted molar refractivity (Wildman–Crippen MR) is 80.4 cm³/mol. The van der Waals surface area contributed by atoms with Crippen LogP contribution in [0.3, 0.4) is 0 Å². The van der Waals surface area contributed by atoms with E-state index >= 15 is 0 Å². The summed E-state index contributed by atoms with van der Waals surface area (Å²) in [7, 11) is 0. The van der Waals surface area contributed by atoms with Crippen molar-refractivity contribution in [3.63, 3.8) is 0 Å². The van der Waals surface area contributed by atoms with Gasteiger partial charge >= 0.3 is 6.03 Å². The summed E-state index contributed by atoms with van der Waals surface area (Å²) in [5.41, 5.74) is 1.09. The van der Waals surface area contributed by atoms with E-state index in [1.54, 1.807) is 0 Å². The molecule has 2 N–H and O–H groups in total. The molecule has 0 radical (unpaired) electrons. The number of ether oxygens (including phenoxy) is 1. The van der Waals surface area contributed by atoms with Crippen LogP contribution in [0, 0.1) is 5.92 Å². The first-order valence-electron chi connectivity index (χ1n) is 7.13. The van der Waals surface area contributed by atoms with Crippen molar-refractivity contribution < 1.29 is 9.53 Å². The van der Waals surface area contributed by atoms with Gasteiger partial charge < -0.3 is 15.4 Å². The fourth-order valence-electron chi connectivity index (χ4n) is 2.97. The largest absolute Gasteiger partial charge is 0.378 e. The molecule has 0 aromatic heterocycles. The van der Waals surface area contributed by atoms with Gasteiger partial charge in [-0.25, -0.2) is 4.79 Å². The molecule has 3 atom stereocenters. The Morgan fingerprint density at radius 1 is 1.35 bits per heavy atom. The van der Waals surface area contributed by atoms with Crippen molar-refractivity contribution in [2.24, 2.45) is 5.92 Å². The molecule has 2 amide bonds. The molecular formula is C15H19BrN2O2. The van der Waals surface area contributed by atoms with Crippen LogP contribution in [0.5, 0.6) is 0 Å². The lowest BCUT2D eigenvalue weighted by molar-refractivity contribution is -0.0999. The first-order valence-corrected chi connectivity index (χ1v) is 7.92. The van der Waals surface area contributed by atoms with E-state index in [2.05, 4.69) is 26.6 Å². The van der Waals surface area contributed by atoms with E-state index in [1.165, 1.54) is 6.42 Å². The number of rotatable bonds is 3. The van der Waals surface area contributed by atoms with Gasteiger partial charge in [0.1, 0.15) is 0 Å². The summed E-state index contributed by atoms with van der Waals surface area (Å²) in [6.45, 7) is 1.43. The zero-order valence-corrected chi connectivity index (χ0v) is 12.9. The van der Waals surface area contributed by atoms with Crippen molar-refractivity contribution in [2.45, 2.75) is 38.0 Å². The van der Waals surface area contributed by atoms with Crippen molar-refractivity contribution >= 4 is 22.0 Å². The standard InChI is InChI=1S/C15H19BrN2O2/c16-11-5-3-10(4-6-11)9-17-15(19)18-13-8-14-12(13)2-1-7-20-14/h3-6,12-14H,1-2,7-9H2,(H2,17,18,19)/t12-,13-,14+/m1/s1. The van der Waals surface area contributed by atoms with E-state index in [9.17, 15) is 4.79 Å². The van der Waals surface area contributed by atoms with Gasteiger partial charge in [-0.3, -0.25) is 0 Å². The summed E-state index contributed by atoms with van der Waals surface area (Å²) >= 11 is 3.40. The molecule has 0 spiro atoms. The first-order chi connectivity index (χ1) is 9.72. The molecule has 0 bridgehead atoms. The zero-order valence-electron chi connectivity index (χ0n) is 11.3. The topological polar surface area (TPSA) is 50.4 Å². The van der Waals surface area contributed by atoms with Crippen LogP contribution in [0.25, 0.3) is 0 Å². The van der Waals surface area contributed by atoms with E-state index in [4.69, 9.17) is 4.74 Å². The second kappa shape index (κ2) is 6.14. The zero-order chi connectivity index (χ0) is 13.9. The maximum Gasteiger partial charge on any atom is 0.315 e. The lowest BCUT2D eigenvalue weighted by Crippen LogP contribution is -2.59. The van der Waals surface area contributed by atoms with Gasteiger partial charge in [0, 0.05) is 29.6 Å². The molecule has 2 aliphatic rings. The van der Waals surface area contributed by atoms with Gasteiger partial charge in [0.15, 0.2) is 0 Å². The summed E-state index contributed by atoms with van der Waals surface area (Å²) in [4.78, 5) is 11.9. The van der Waals surface area contributed by atoms with Crippen LogP contribution in [-0.2, 0) is 11.3 Å². The normalized spacial score (nSPS) is 28.1. The van der Waals surface area contributed by atoms with Crippen LogP contribution in [0.2, 0.25) is 0 Å². The summed E-state index contributed by atoms with van der Waals surface area (Å²) < 4.78 is 6.70. The Morgan fingerprint density at radius 2 is 2.15 bits per heavy atom. The molecule has 1 aliphatic heterocycles. The summed E-state index contributed by atoms with van der Waals surface area (Å²) in [6, 6.07) is 8.15. The molecule has 4 nitrogen and oxygen atoms in total. The van der Waals surface area contributed by atoms with Crippen LogP contribution >= 0.6 is 15.9 Å². The summed E-state index contributed by atoms with van der Waals surface area (Å²) in [5, 5.41) is 5.96. The van der Waals surface area contributed by atoms with Crippen molar-refractivity contribution in [3.8, 4) is 0 Å². The Balaban J connectivity index is 1.42. The third kappa shape index (κ3) is 3.15. The molecule has 1 saturated heterocycles. The number of nitrogens with one attached hydrogen (secondary N) is 2. The van der Waals surface area contributed by atoms with E-state index in [0.717, 1.165) is 29.5 Å². The predicted octanol–water partition coefficient (Wildman–Crippen LogP) is 2.82. The molecule has 2 fully saturated rings. The van der Waals surface area contributed by atoms with E-state index < -0.39 is 0 Å². The molecule has 0 unspecified atom stereocenters. The van der Waals surface area contributed by atoms with Crippen molar-refractivity contribution in [3.05, 3.63) is 34.3 Å². The van der Waals surface area contributed by atoms with Gasteiger partial charge in [0.2, 0.25) is 0 Å². The molecule has 1 saturated carbocycles. The molecule has 5 heteroatoms. The number of benzene rings is 1. The van der Waals surface area contributed by atoms with Gasteiger partial charge in [-0.1, -0.05) is 28.1 Å². The molecule has 1 aromatic carbocycles. The highest BCUT2D eigenvalue weighted by molar-refractivity contribution is 9.10. The number of carbonyl (C=O) groups is 1. The number of hydrogen-bond donors (Lipinski definition) is 2. The second-order valence-electron chi connectivity index (χ2n) is 5.51. The third-order valence-corrected chi connectivity index (χ3v) is 4.71. The molecule has 1 aromatic rings. The van der Waals surface area contributed by atoms with Crippen molar-refractivity contribution in [2.75, 3.05) is 6.61 Å². The Morgan fingerprint density at radius 3 is 2.90 bits per heavy atom. The third-order valence-electron chi connectivity index (χ3n) is 4.18. The SMILES string of the molecule is O=C(NCc1ccc(Br)cc1)N[C@@H]1C[C@@H]2OCCC[C@@H]21. The molecule has 108 valence electrons. The molecular weight excluding hydrogens is 320 g/mol. The molecule has 1 heterocycles. The average Bonchev–Trinajstić information content (AvgIpc) is 2.44. The Hall–Kier alpha value is -1.07. The first kappa shape index (κ1) is 13.9. The highest BCUT2D eigenvalue weighted by atomic mass is 79.9. The lowest BCUT2D eigenvalue weighted by atomic mass is 9.72. The summed E-state index contributed by atoms with van der Waals surface area (Å²) in [6.07, 6.45) is 3.61. The number of amides is 2. The minimum Gasteiger partial charge on any atom is -0.378 e. The van der Waals surface area contributed by atoms with Crippen LogP contribution in [0.15, 0.2) is 28.7 Å². The maximum atomic E-state index is 11.9.